The molecule has 0 bridgehead atoms. The van der Waals surface area contributed by atoms with Crippen LogP contribution in [-0.2, 0) is 13.2 Å². The van der Waals surface area contributed by atoms with Crippen molar-refractivity contribution in [3.05, 3.63) is 56.4 Å². The lowest BCUT2D eigenvalue weighted by atomic mass is 10.3. The Hall–Kier alpha value is -1.54. The number of nitrogens with one attached hydrogen (secondary N) is 1. The highest BCUT2D eigenvalue weighted by Crippen LogP contribution is 2.20. The van der Waals surface area contributed by atoms with Crippen LogP contribution in [0.1, 0.15) is 4.88 Å². The Morgan fingerprint density at radius 2 is 1.95 bits per heavy atom. The summed E-state index contributed by atoms with van der Waals surface area (Å²) in [6.45, 7) is 1.53. The van der Waals surface area contributed by atoms with Gasteiger partial charge in [0.25, 0.3) is 0 Å². The first kappa shape index (κ1) is 15.4. The lowest BCUT2D eigenvalue weighted by molar-refractivity contribution is -0.917. The number of nitrogens with zero attached hydrogens (tertiary/aromatic N) is 4. The summed E-state index contributed by atoms with van der Waals surface area (Å²) in [5, 5.41) is 8.30. The van der Waals surface area contributed by atoms with Crippen molar-refractivity contribution in [2.24, 2.45) is 0 Å². The van der Waals surface area contributed by atoms with Crippen molar-refractivity contribution in [2.45, 2.75) is 13.2 Å². The van der Waals surface area contributed by atoms with E-state index in [0.717, 1.165) is 16.6 Å². The molecule has 2 aromatic heterocycles. The Morgan fingerprint density at radius 3 is 2.64 bits per heavy atom. The molecule has 2 heterocycles. The molecular weight excluding hydrogens is 338 g/mol. The van der Waals surface area contributed by atoms with Gasteiger partial charge in [0.05, 0.1) is 21.9 Å². The van der Waals surface area contributed by atoms with Gasteiger partial charge in [-0.05, 0) is 46.9 Å². The largest absolute Gasteiger partial charge is 0.314 e. The van der Waals surface area contributed by atoms with E-state index in [9.17, 15) is 0 Å². The zero-order chi connectivity index (χ0) is 15.5. The third kappa shape index (κ3) is 3.44. The van der Waals surface area contributed by atoms with Crippen molar-refractivity contribution >= 4 is 35.2 Å². The van der Waals surface area contributed by atoms with Gasteiger partial charge in [-0.15, -0.1) is 11.3 Å². The van der Waals surface area contributed by atoms with Crippen molar-refractivity contribution in [3.63, 3.8) is 0 Å². The molecule has 8 heteroatoms. The van der Waals surface area contributed by atoms with Crippen molar-refractivity contribution in [1.82, 2.24) is 19.8 Å². The zero-order valence-electron chi connectivity index (χ0n) is 11.9. The molecule has 0 aliphatic carbocycles. The minimum Gasteiger partial charge on any atom is -0.314 e. The van der Waals surface area contributed by atoms with Gasteiger partial charge in [-0.2, -0.15) is 9.36 Å². The maximum absolute atomic E-state index is 5.96. The summed E-state index contributed by atoms with van der Waals surface area (Å²) in [6.07, 6.45) is 0. The SMILES string of the molecule is C[NH+](Cc1ccc(Cl)s1)Cn1nnn(-c2ccccc2)c1=S. The summed E-state index contributed by atoms with van der Waals surface area (Å²) in [5.41, 5.74) is 0.918. The average molecular weight is 353 g/mol. The van der Waals surface area contributed by atoms with E-state index in [4.69, 9.17) is 23.8 Å². The monoisotopic (exact) mass is 352 g/mol. The molecule has 0 aliphatic rings. The third-order valence-corrected chi connectivity index (χ3v) is 4.78. The summed E-state index contributed by atoms with van der Waals surface area (Å²) >= 11 is 13.0. The topological polar surface area (TPSA) is 40.1 Å². The van der Waals surface area contributed by atoms with E-state index >= 15 is 0 Å². The molecule has 0 saturated carbocycles. The second-order valence-corrected chi connectivity index (χ2v) is 7.17. The van der Waals surface area contributed by atoms with Crippen LogP contribution in [0.25, 0.3) is 5.69 Å². The number of hydrogen-bond acceptors (Lipinski definition) is 4. The van der Waals surface area contributed by atoms with Crippen molar-refractivity contribution in [2.75, 3.05) is 7.05 Å². The van der Waals surface area contributed by atoms with E-state index in [0.29, 0.717) is 11.4 Å². The molecule has 1 unspecified atom stereocenters. The van der Waals surface area contributed by atoms with E-state index in [1.807, 2.05) is 36.4 Å². The van der Waals surface area contributed by atoms with Gasteiger partial charge in [0.15, 0.2) is 6.67 Å². The third-order valence-electron chi connectivity index (χ3n) is 3.16. The smallest absolute Gasteiger partial charge is 0.225 e. The summed E-state index contributed by atoms with van der Waals surface area (Å²) < 4.78 is 4.82. The van der Waals surface area contributed by atoms with Crippen LogP contribution in [-0.4, -0.2) is 26.8 Å². The minimum atomic E-state index is 0.592. The highest BCUT2D eigenvalue weighted by atomic mass is 35.5. The van der Waals surface area contributed by atoms with Crippen LogP contribution in [0, 0.1) is 4.77 Å². The average Bonchev–Trinajstić information content (AvgIpc) is 3.07. The van der Waals surface area contributed by atoms with Gasteiger partial charge in [-0.25, -0.2) is 0 Å². The molecule has 0 spiro atoms. The van der Waals surface area contributed by atoms with E-state index in [1.165, 1.54) is 9.78 Å². The standard InChI is InChI=1S/C14H14ClN5S2/c1-18(9-12-7-8-13(15)22-12)10-19-14(21)20(17-16-19)11-5-3-2-4-6-11/h2-8H,9-10H2,1H3/p+1. The first-order valence-corrected chi connectivity index (χ1v) is 8.37. The van der Waals surface area contributed by atoms with E-state index in [-0.39, 0.29) is 0 Å². The molecule has 1 atom stereocenters. The van der Waals surface area contributed by atoms with Crippen LogP contribution in [0.3, 0.4) is 0 Å². The normalized spacial score (nSPS) is 12.5. The number of para-hydroxylation sites is 1. The number of tetrazole rings is 1. The highest BCUT2D eigenvalue weighted by Gasteiger charge is 2.11. The lowest BCUT2D eigenvalue weighted by Gasteiger charge is -2.11. The highest BCUT2D eigenvalue weighted by molar-refractivity contribution is 7.71. The number of hydrogen-bond donors (Lipinski definition) is 1. The predicted octanol–water partition coefficient (Wildman–Crippen LogP) is 2.19. The Kier molecular flexibility index (Phi) is 4.68. The summed E-state index contributed by atoms with van der Waals surface area (Å²) in [6, 6.07) is 13.8. The van der Waals surface area contributed by atoms with Crippen molar-refractivity contribution in [3.8, 4) is 5.69 Å². The van der Waals surface area contributed by atoms with Crippen LogP contribution in [0.5, 0.6) is 0 Å². The van der Waals surface area contributed by atoms with Crippen LogP contribution in [0.15, 0.2) is 42.5 Å². The second kappa shape index (κ2) is 6.70. The molecule has 0 saturated heterocycles. The maximum Gasteiger partial charge on any atom is 0.225 e. The molecule has 22 heavy (non-hydrogen) atoms. The number of halogens is 1. The Balaban J connectivity index is 1.73. The van der Waals surface area contributed by atoms with Gasteiger partial charge in [0.1, 0.15) is 6.54 Å². The fraction of sp³-hybridized carbons (Fsp3) is 0.214. The molecule has 0 aliphatic heterocycles. The summed E-state index contributed by atoms with van der Waals surface area (Å²) in [5.74, 6) is 0. The Labute approximate surface area is 142 Å². The quantitative estimate of drug-likeness (QED) is 0.715. The first-order valence-electron chi connectivity index (χ1n) is 6.77. The van der Waals surface area contributed by atoms with Gasteiger partial charge >= 0.3 is 0 Å². The lowest BCUT2D eigenvalue weighted by Crippen LogP contribution is -3.06. The summed E-state index contributed by atoms with van der Waals surface area (Å²) in [4.78, 5) is 2.50. The van der Waals surface area contributed by atoms with Gasteiger partial charge in [-0.3, -0.25) is 0 Å². The van der Waals surface area contributed by atoms with Crippen LogP contribution >= 0.6 is 35.2 Å². The summed E-state index contributed by atoms with van der Waals surface area (Å²) in [7, 11) is 2.09. The van der Waals surface area contributed by atoms with Gasteiger partial charge in [0.2, 0.25) is 4.77 Å². The number of aromatic nitrogens is 4. The number of rotatable bonds is 5. The van der Waals surface area contributed by atoms with E-state index < -0.39 is 0 Å². The predicted molar refractivity (Wildman–Crippen MR) is 90.1 cm³/mol. The Morgan fingerprint density at radius 1 is 1.18 bits per heavy atom. The molecule has 0 radical (unpaired) electrons. The van der Waals surface area contributed by atoms with Gasteiger partial charge in [0, 0.05) is 0 Å². The minimum absolute atomic E-state index is 0.592. The second-order valence-electron chi connectivity index (χ2n) is 5.01. The van der Waals surface area contributed by atoms with E-state index in [1.54, 1.807) is 20.7 Å². The van der Waals surface area contributed by atoms with Crippen LogP contribution in [0.2, 0.25) is 4.34 Å². The Bertz CT molecular complexity index is 808. The molecule has 1 aromatic carbocycles. The molecule has 1 N–H and O–H groups in total. The zero-order valence-corrected chi connectivity index (χ0v) is 14.3. The van der Waals surface area contributed by atoms with Crippen LogP contribution < -0.4 is 4.90 Å². The fourth-order valence-corrected chi connectivity index (χ4v) is 3.60. The molecule has 0 amide bonds. The van der Waals surface area contributed by atoms with Gasteiger partial charge in [-0.1, -0.05) is 29.8 Å². The van der Waals surface area contributed by atoms with Crippen molar-refractivity contribution in [1.29, 1.82) is 0 Å². The number of benzene rings is 1. The van der Waals surface area contributed by atoms with E-state index in [2.05, 4.69) is 23.5 Å². The molecule has 3 aromatic rings. The van der Waals surface area contributed by atoms with Crippen LogP contribution in [0.4, 0.5) is 0 Å². The molecule has 114 valence electrons. The van der Waals surface area contributed by atoms with Gasteiger partial charge < -0.3 is 4.90 Å². The van der Waals surface area contributed by atoms with Crippen molar-refractivity contribution < 1.29 is 4.90 Å². The molecule has 5 nitrogen and oxygen atoms in total. The maximum atomic E-state index is 5.96. The number of quaternary nitrogens is 1. The number of thiophene rings is 1. The molecule has 3 rings (SSSR count). The molecular formula is C14H15ClN5S2+. The fourth-order valence-electron chi connectivity index (χ4n) is 2.16. The molecule has 0 fully saturated rings. The first-order chi connectivity index (χ1) is 10.6.